The summed E-state index contributed by atoms with van der Waals surface area (Å²) in [5.74, 6) is 0.721. The highest BCUT2D eigenvalue weighted by Crippen LogP contribution is 2.34. The molecule has 1 saturated carbocycles. The Balaban J connectivity index is 1.40. The lowest BCUT2D eigenvalue weighted by Crippen LogP contribution is -2.56. The van der Waals surface area contributed by atoms with Crippen molar-refractivity contribution in [1.82, 2.24) is 20.4 Å². The van der Waals surface area contributed by atoms with E-state index in [1.54, 1.807) is 0 Å². The molecule has 1 aromatic rings. The summed E-state index contributed by atoms with van der Waals surface area (Å²) in [5, 5.41) is 6.11. The first-order valence-corrected chi connectivity index (χ1v) is 9.35. The molecule has 2 saturated heterocycles. The van der Waals surface area contributed by atoms with Gasteiger partial charge < -0.3 is 20.4 Å². The average molecular weight is 342 g/mol. The van der Waals surface area contributed by atoms with Crippen molar-refractivity contribution in [3.63, 3.8) is 0 Å². The molecule has 2 heterocycles. The zero-order valence-corrected chi connectivity index (χ0v) is 14.5. The number of fused-ring (bicyclic) bond motifs is 1. The van der Waals surface area contributed by atoms with E-state index in [2.05, 4.69) is 22.8 Å². The normalized spacial score (nSPS) is 24.3. The molecule has 0 radical (unpaired) electrons. The minimum Gasteiger partial charge on any atom is -0.336 e. The molecule has 4 rings (SSSR count). The standard InChI is InChI=1S/C19H26N4O2/c24-18-20-12-16-13-22(9-10-23(16)18)19(25)21-17(11-14-5-4-6-14)15-7-2-1-3-8-15/h1-3,7-8,14,16-17H,4-6,9-13H2,(H,20,24)(H,21,25)/t16-,17+/m0/s1. The van der Waals surface area contributed by atoms with Crippen LogP contribution in [0.15, 0.2) is 30.3 Å². The highest BCUT2D eigenvalue weighted by molar-refractivity contribution is 5.79. The molecule has 0 bridgehead atoms. The summed E-state index contributed by atoms with van der Waals surface area (Å²) in [6.45, 7) is 2.45. The molecule has 134 valence electrons. The van der Waals surface area contributed by atoms with Gasteiger partial charge in [0.15, 0.2) is 0 Å². The number of carbonyl (C=O) groups is 2. The molecule has 2 N–H and O–H groups in total. The summed E-state index contributed by atoms with van der Waals surface area (Å²) in [6, 6.07) is 10.4. The molecule has 1 aliphatic carbocycles. The Bertz CT molecular complexity index is 632. The number of amides is 4. The number of hydrogen-bond donors (Lipinski definition) is 2. The molecular formula is C19H26N4O2. The lowest BCUT2D eigenvalue weighted by Gasteiger charge is -2.38. The van der Waals surface area contributed by atoms with Crippen LogP contribution in [0.4, 0.5) is 9.59 Å². The molecule has 0 spiro atoms. The molecule has 4 amide bonds. The van der Waals surface area contributed by atoms with Crippen molar-refractivity contribution in [1.29, 1.82) is 0 Å². The van der Waals surface area contributed by atoms with Crippen molar-refractivity contribution < 1.29 is 9.59 Å². The number of nitrogens with zero attached hydrogens (tertiary/aromatic N) is 2. The van der Waals surface area contributed by atoms with Gasteiger partial charge in [-0.2, -0.15) is 0 Å². The van der Waals surface area contributed by atoms with Gasteiger partial charge in [0.1, 0.15) is 0 Å². The summed E-state index contributed by atoms with van der Waals surface area (Å²) in [6.07, 6.45) is 4.87. The lowest BCUT2D eigenvalue weighted by atomic mass is 9.79. The Labute approximate surface area is 148 Å². The summed E-state index contributed by atoms with van der Waals surface area (Å²) < 4.78 is 0. The number of piperazine rings is 1. The Morgan fingerprint density at radius 1 is 1.24 bits per heavy atom. The molecule has 3 aliphatic rings. The first-order valence-electron chi connectivity index (χ1n) is 9.35. The molecule has 0 aromatic heterocycles. The summed E-state index contributed by atoms with van der Waals surface area (Å²) >= 11 is 0. The second-order valence-electron chi connectivity index (χ2n) is 7.42. The molecule has 3 fully saturated rings. The quantitative estimate of drug-likeness (QED) is 0.882. The maximum atomic E-state index is 12.8. The van der Waals surface area contributed by atoms with Crippen LogP contribution in [0.5, 0.6) is 0 Å². The van der Waals surface area contributed by atoms with Crippen LogP contribution in [0.25, 0.3) is 0 Å². The molecule has 2 aliphatic heterocycles. The van der Waals surface area contributed by atoms with Gasteiger partial charge >= 0.3 is 12.1 Å². The van der Waals surface area contributed by atoms with Gasteiger partial charge in [-0.25, -0.2) is 9.59 Å². The Hall–Kier alpha value is -2.24. The summed E-state index contributed by atoms with van der Waals surface area (Å²) in [7, 11) is 0. The fourth-order valence-electron chi connectivity index (χ4n) is 4.05. The van der Waals surface area contributed by atoms with Crippen molar-refractivity contribution in [3.05, 3.63) is 35.9 Å². The van der Waals surface area contributed by atoms with Crippen LogP contribution in [0.3, 0.4) is 0 Å². The third-order valence-corrected chi connectivity index (χ3v) is 5.81. The minimum absolute atomic E-state index is 0.00259. The van der Waals surface area contributed by atoms with E-state index in [1.165, 1.54) is 24.8 Å². The van der Waals surface area contributed by atoms with Crippen molar-refractivity contribution in [3.8, 4) is 0 Å². The van der Waals surface area contributed by atoms with E-state index in [9.17, 15) is 9.59 Å². The van der Waals surface area contributed by atoms with Crippen LogP contribution in [-0.4, -0.2) is 54.1 Å². The van der Waals surface area contributed by atoms with Gasteiger partial charge in [-0.3, -0.25) is 0 Å². The predicted molar refractivity (Wildman–Crippen MR) is 95.1 cm³/mol. The van der Waals surface area contributed by atoms with E-state index in [0.29, 0.717) is 26.2 Å². The molecule has 2 atom stereocenters. The van der Waals surface area contributed by atoms with Crippen LogP contribution in [0.2, 0.25) is 0 Å². The maximum absolute atomic E-state index is 12.8. The molecule has 0 unspecified atom stereocenters. The Kier molecular flexibility index (Phi) is 4.51. The van der Waals surface area contributed by atoms with Gasteiger partial charge in [0.2, 0.25) is 0 Å². The van der Waals surface area contributed by atoms with Crippen LogP contribution in [0, 0.1) is 5.92 Å². The second-order valence-corrected chi connectivity index (χ2v) is 7.42. The zero-order chi connectivity index (χ0) is 17.2. The zero-order valence-electron chi connectivity index (χ0n) is 14.5. The van der Waals surface area contributed by atoms with Crippen LogP contribution in [0.1, 0.15) is 37.3 Å². The van der Waals surface area contributed by atoms with E-state index in [1.807, 2.05) is 28.0 Å². The molecule has 25 heavy (non-hydrogen) atoms. The fraction of sp³-hybridized carbons (Fsp3) is 0.579. The van der Waals surface area contributed by atoms with Crippen LogP contribution in [-0.2, 0) is 0 Å². The van der Waals surface area contributed by atoms with Gasteiger partial charge in [-0.05, 0) is 17.9 Å². The van der Waals surface area contributed by atoms with Crippen molar-refractivity contribution in [2.75, 3.05) is 26.2 Å². The first kappa shape index (κ1) is 16.2. The minimum atomic E-state index is -0.00724. The smallest absolute Gasteiger partial charge is 0.318 e. The third-order valence-electron chi connectivity index (χ3n) is 5.81. The summed E-state index contributed by atoms with van der Waals surface area (Å²) in [4.78, 5) is 28.2. The largest absolute Gasteiger partial charge is 0.336 e. The number of hydrogen-bond acceptors (Lipinski definition) is 2. The third kappa shape index (κ3) is 3.43. The van der Waals surface area contributed by atoms with E-state index < -0.39 is 0 Å². The average Bonchev–Trinajstić information content (AvgIpc) is 2.98. The van der Waals surface area contributed by atoms with Gasteiger partial charge in [0.05, 0.1) is 12.1 Å². The van der Waals surface area contributed by atoms with Crippen molar-refractivity contribution >= 4 is 12.1 Å². The number of carbonyl (C=O) groups excluding carboxylic acids is 2. The van der Waals surface area contributed by atoms with Gasteiger partial charge in [-0.15, -0.1) is 0 Å². The first-order chi connectivity index (χ1) is 12.2. The molecule has 6 nitrogen and oxygen atoms in total. The highest BCUT2D eigenvalue weighted by Gasteiger charge is 2.37. The predicted octanol–water partition coefficient (Wildman–Crippen LogP) is 2.34. The molecular weight excluding hydrogens is 316 g/mol. The van der Waals surface area contributed by atoms with Gasteiger partial charge in [0.25, 0.3) is 0 Å². The highest BCUT2D eigenvalue weighted by atomic mass is 16.2. The lowest BCUT2D eigenvalue weighted by molar-refractivity contribution is 0.126. The van der Waals surface area contributed by atoms with Gasteiger partial charge in [-0.1, -0.05) is 49.6 Å². The molecule has 6 heteroatoms. The maximum Gasteiger partial charge on any atom is 0.318 e. The summed E-state index contributed by atoms with van der Waals surface area (Å²) in [5.41, 5.74) is 1.18. The second kappa shape index (κ2) is 6.94. The van der Waals surface area contributed by atoms with Crippen molar-refractivity contribution in [2.45, 2.75) is 37.8 Å². The van der Waals surface area contributed by atoms with Crippen LogP contribution >= 0.6 is 0 Å². The number of nitrogens with one attached hydrogen (secondary N) is 2. The Morgan fingerprint density at radius 3 is 2.76 bits per heavy atom. The topological polar surface area (TPSA) is 64.7 Å². The van der Waals surface area contributed by atoms with E-state index in [-0.39, 0.29) is 24.1 Å². The molecule has 1 aromatic carbocycles. The number of rotatable bonds is 4. The van der Waals surface area contributed by atoms with Gasteiger partial charge in [0, 0.05) is 26.2 Å². The van der Waals surface area contributed by atoms with Crippen LogP contribution < -0.4 is 10.6 Å². The van der Waals surface area contributed by atoms with E-state index in [0.717, 1.165) is 12.3 Å². The Morgan fingerprint density at radius 2 is 2.04 bits per heavy atom. The number of benzene rings is 1. The number of urea groups is 2. The monoisotopic (exact) mass is 342 g/mol. The fourth-order valence-corrected chi connectivity index (χ4v) is 4.05. The van der Waals surface area contributed by atoms with Crippen molar-refractivity contribution in [2.24, 2.45) is 5.92 Å². The van der Waals surface area contributed by atoms with E-state index in [4.69, 9.17) is 0 Å². The van der Waals surface area contributed by atoms with E-state index >= 15 is 0 Å². The SMILES string of the molecule is O=C(N[C@H](CC1CCC1)c1ccccc1)N1CCN2C(=O)NC[C@H]2C1.